The van der Waals surface area contributed by atoms with Crippen LogP contribution in [0.25, 0.3) is 22.0 Å². The lowest BCUT2D eigenvalue weighted by atomic mass is 9.88. The summed E-state index contributed by atoms with van der Waals surface area (Å²) in [6.45, 7) is 0. The Morgan fingerprint density at radius 2 is 1.64 bits per heavy atom. The molecule has 166 valence electrons. The van der Waals surface area contributed by atoms with Crippen molar-refractivity contribution in [3.8, 4) is 11.3 Å². The van der Waals surface area contributed by atoms with Gasteiger partial charge in [0.15, 0.2) is 5.96 Å². The van der Waals surface area contributed by atoms with Gasteiger partial charge in [-0.1, -0.05) is 73.9 Å². The first-order valence-electron chi connectivity index (χ1n) is 11.7. The zero-order valence-corrected chi connectivity index (χ0v) is 18.7. The van der Waals surface area contributed by atoms with E-state index in [9.17, 15) is 0 Å². The van der Waals surface area contributed by atoms with Crippen LogP contribution in [0.5, 0.6) is 0 Å². The molecular weight excluding hydrogens is 406 g/mol. The molecule has 0 unspecified atom stereocenters. The molecule has 1 aliphatic carbocycles. The van der Waals surface area contributed by atoms with Crippen molar-refractivity contribution in [2.45, 2.75) is 44.4 Å². The molecule has 0 bridgehead atoms. The third kappa shape index (κ3) is 5.03. The SMILES string of the molecule is N=C(N)Nc1ccc(-c2cc(Cc3ccc4ccccc4c3)nc(C3CCCCC3)n2)cc1. The number of anilines is 1. The van der Waals surface area contributed by atoms with Crippen molar-refractivity contribution < 1.29 is 0 Å². The van der Waals surface area contributed by atoms with Crippen LogP contribution in [-0.4, -0.2) is 15.9 Å². The maximum atomic E-state index is 7.42. The van der Waals surface area contributed by atoms with Crippen LogP contribution in [0.4, 0.5) is 5.69 Å². The molecular formula is C28H29N5. The molecule has 5 rings (SSSR count). The molecule has 1 fully saturated rings. The molecule has 0 amide bonds. The number of hydrogen-bond acceptors (Lipinski definition) is 3. The summed E-state index contributed by atoms with van der Waals surface area (Å²) in [5.74, 6) is 1.35. The number of fused-ring (bicyclic) bond motifs is 1. The van der Waals surface area contributed by atoms with E-state index in [1.165, 1.54) is 48.4 Å². The Labute approximate surface area is 194 Å². The van der Waals surface area contributed by atoms with E-state index >= 15 is 0 Å². The first-order valence-corrected chi connectivity index (χ1v) is 11.7. The van der Waals surface area contributed by atoms with E-state index < -0.39 is 0 Å². The van der Waals surface area contributed by atoms with Crippen molar-refractivity contribution in [3.63, 3.8) is 0 Å². The second-order valence-corrected chi connectivity index (χ2v) is 8.91. The lowest BCUT2D eigenvalue weighted by Crippen LogP contribution is -2.20. The van der Waals surface area contributed by atoms with Gasteiger partial charge in [-0.3, -0.25) is 5.41 Å². The fourth-order valence-corrected chi connectivity index (χ4v) is 4.74. The summed E-state index contributed by atoms with van der Waals surface area (Å²) in [7, 11) is 0. The number of hydrogen-bond donors (Lipinski definition) is 3. The van der Waals surface area contributed by atoms with Gasteiger partial charge in [-0.05, 0) is 47.4 Å². The molecule has 0 spiro atoms. The summed E-state index contributed by atoms with van der Waals surface area (Å²) >= 11 is 0. The number of nitrogens with zero attached hydrogens (tertiary/aromatic N) is 2. The van der Waals surface area contributed by atoms with E-state index in [-0.39, 0.29) is 5.96 Å². The smallest absolute Gasteiger partial charge is 0.190 e. The van der Waals surface area contributed by atoms with Crippen LogP contribution < -0.4 is 11.1 Å². The molecule has 4 N–H and O–H groups in total. The van der Waals surface area contributed by atoms with Crippen molar-refractivity contribution in [2.24, 2.45) is 5.73 Å². The summed E-state index contributed by atoms with van der Waals surface area (Å²) in [5.41, 5.74) is 10.6. The zero-order valence-electron chi connectivity index (χ0n) is 18.7. The summed E-state index contributed by atoms with van der Waals surface area (Å²) in [6.07, 6.45) is 6.93. The largest absolute Gasteiger partial charge is 0.370 e. The Balaban J connectivity index is 1.49. The fraction of sp³-hybridized carbons (Fsp3) is 0.250. The summed E-state index contributed by atoms with van der Waals surface area (Å²) < 4.78 is 0. The van der Waals surface area contributed by atoms with Gasteiger partial charge in [-0.25, -0.2) is 9.97 Å². The van der Waals surface area contributed by atoms with Crippen molar-refractivity contribution >= 4 is 22.4 Å². The van der Waals surface area contributed by atoms with Gasteiger partial charge in [0.2, 0.25) is 0 Å². The van der Waals surface area contributed by atoms with Gasteiger partial charge in [-0.15, -0.1) is 0 Å². The molecule has 0 aliphatic heterocycles. The molecule has 4 aromatic rings. The number of rotatable bonds is 5. The Morgan fingerprint density at radius 3 is 2.39 bits per heavy atom. The maximum absolute atomic E-state index is 7.42. The van der Waals surface area contributed by atoms with Gasteiger partial charge in [-0.2, -0.15) is 0 Å². The number of benzene rings is 3. The molecule has 1 heterocycles. The Kier molecular flexibility index (Phi) is 6.03. The van der Waals surface area contributed by atoms with Crippen molar-refractivity contribution in [2.75, 3.05) is 5.32 Å². The average Bonchev–Trinajstić information content (AvgIpc) is 2.84. The molecule has 1 aromatic heterocycles. The molecule has 3 aromatic carbocycles. The van der Waals surface area contributed by atoms with E-state index in [4.69, 9.17) is 21.1 Å². The Bertz CT molecular complexity index is 1270. The van der Waals surface area contributed by atoms with E-state index in [2.05, 4.69) is 53.8 Å². The average molecular weight is 436 g/mol. The summed E-state index contributed by atoms with van der Waals surface area (Å²) in [5, 5.41) is 12.8. The highest BCUT2D eigenvalue weighted by atomic mass is 15.0. The predicted octanol–water partition coefficient (Wildman–Crippen LogP) is 6.24. The first-order chi connectivity index (χ1) is 16.1. The summed E-state index contributed by atoms with van der Waals surface area (Å²) in [6, 6.07) is 25.2. The minimum Gasteiger partial charge on any atom is -0.370 e. The lowest BCUT2D eigenvalue weighted by molar-refractivity contribution is 0.428. The third-order valence-electron chi connectivity index (χ3n) is 6.43. The van der Waals surface area contributed by atoms with Crippen LogP contribution in [0.2, 0.25) is 0 Å². The van der Waals surface area contributed by atoms with Crippen LogP contribution in [0.15, 0.2) is 72.8 Å². The molecule has 1 aliphatic rings. The minimum atomic E-state index is -0.0676. The Hall–Kier alpha value is -3.73. The quantitative estimate of drug-likeness (QED) is 0.256. The number of guanidine groups is 1. The standard InChI is InChI=1S/C28H29N5/c29-28(30)32-24-14-12-21(13-15-24)26-18-25(31-27(33-26)22-7-2-1-3-8-22)17-19-10-11-20-6-4-5-9-23(20)16-19/h4-6,9-16,18,22H,1-3,7-8,17H2,(H4,29,30,32). The third-order valence-corrected chi connectivity index (χ3v) is 6.43. The molecule has 1 saturated carbocycles. The van der Waals surface area contributed by atoms with E-state index in [0.717, 1.165) is 34.9 Å². The molecule has 5 nitrogen and oxygen atoms in total. The van der Waals surface area contributed by atoms with Gasteiger partial charge >= 0.3 is 0 Å². The first kappa shape index (κ1) is 21.1. The van der Waals surface area contributed by atoms with Crippen molar-refractivity contribution in [3.05, 3.63) is 89.9 Å². The van der Waals surface area contributed by atoms with Gasteiger partial charge < -0.3 is 11.1 Å². The summed E-state index contributed by atoms with van der Waals surface area (Å²) in [4.78, 5) is 10.1. The lowest BCUT2D eigenvalue weighted by Gasteiger charge is -2.21. The van der Waals surface area contributed by atoms with Gasteiger partial charge in [0.1, 0.15) is 5.82 Å². The van der Waals surface area contributed by atoms with E-state index in [1.807, 2.05) is 24.3 Å². The molecule has 5 heteroatoms. The second-order valence-electron chi connectivity index (χ2n) is 8.91. The highest BCUT2D eigenvalue weighted by Crippen LogP contribution is 2.32. The molecule has 33 heavy (non-hydrogen) atoms. The Morgan fingerprint density at radius 1 is 0.879 bits per heavy atom. The highest BCUT2D eigenvalue weighted by molar-refractivity contribution is 5.90. The van der Waals surface area contributed by atoms with Gasteiger partial charge in [0.25, 0.3) is 0 Å². The van der Waals surface area contributed by atoms with Crippen molar-refractivity contribution in [1.29, 1.82) is 5.41 Å². The number of aromatic nitrogens is 2. The number of nitrogens with two attached hydrogens (primary N) is 1. The zero-order chi connectivity index (χ0) is 22.6. The number of nitrogens with one attached hydrogen (secondary N) is 2. The van der Waals surface area contributed by atoms with Crippen LogP contribution >= 0.6 is 0 Å². The highest BCUT2D eigenvalue weighted by Gasteiger charge is 2.20. The van der Waals surface area contributed by atoms with Gasteiger partial charge in [0, 0.05) is 29.3 Å². The normalized spacial score (nSPS) is 14.3. The van der Waals surface area contributed by atoms with Gasteiger partial charge in [0.05, 0.1) is 5.69 Å². The fourth-order valence-electron chi connectivity index (χ4n) is 4.74. The maximum Gasteiger partial charge on any atom is 0.190 e. The predicted molar refractivity (Wildman–Crippen MR) is 136 cm³/mol. The molecule has 0 saturated heterocycles. The van der Waals surface area contributed by atoms with Crippen LogP contribution in [0.1, 0.15) is 55.1 Å². The minimum absolute atomic E-state index is 0.0676. The van der Waals surface area contributed by atoms with Crippen LogP contribution in [0, 0.1) is 5.41 Å². The van der Waals surface area contributed by atoms with E-state index in [0.29, 0.717) is 5.92 Å². The molecule has 0 radical (unpaired) electrons. The van der Waals surface area contributed by atoms with E-state index in [1.54, 1.807) is 0 Å². The van der Waals surface area contributed by atoms with Crippen LogP contribution in [-0.2, 0) is 6.42 Å². The monoisotopic (exact) mass is 435 g/mol. The van der Waals surface area contributed by atoms with Crippen LogP contribution in [0.3, 0.4) is 0 Å². The molecule has 0 atom stereocenters. The second kappa shape index (κ2) is 9.41. The van der Waals surface area contributed by atoms with Crippen molar-refractivity contribution in [1.82, 2.24) is 9.97 Å². The topological polar surface area (TPSA) is 87.7 Å².